The van der Waals surface area contributed by atoms with E-state index in [1.54, 1.807) is 37.3 Å². The second kappa shape index (κ2) is 7.45. The van der Waals surface area contributed by atoms with E-state index in [9.17, 15) is 4.79 Å². The Morgan fingerprint density at radius 2 is 1.77 bits per heavy atom. The summed E-state index contributed by atoms with van der Waals surface area (Å²) in [5, 5.41) is 14.9. The maximum Gasteiger partial charge on any atom is 0.274 e. The lowest BCUT2D eigenvalue weighted by Crippen LogP contribution is -2.15. The number of hydrogen-bond acceptors (Lipinski definition) is 5. The van der Waals surface area contributed by atoms with E-state index in [0.29, 0.717) is 28.6 Å². The van der Waals surface area contributed by atoms with Crippen molar-refractivity contribution in [2.45, 2.75) is 13.8 Å². The number of aromatic nitrogens is 2. The van der Waals surface area contributed by atoms with Crippen molar-refractivity contribution in [3.05, 3.63) is 77.1 Å². The molecule has 0 bridgehead atoms. The molecule has 0 spiro atoms. The number of carbonyl (C=O) groups is 1. The molecule has 2 aromatic carbocycles. The first-order valence-electron chi connectivity index (χ1n) is 8.04. The fraction of sp³-hybridized carbons (Fsp3) is 0.100. The maximum absolute atomic E-state index is 12.5. The largest absolute Gasteiger partial charge is 0.324 e. The van der Waals surface area contributed by atoms with E-state index in [-0.39, 0.29) is 11.6 Å². The standard InChI is InChI=1S/C20H17N5O/c1-13-5-3-7-16(9-13)23-19(26)18-10-14(2)22-20(25-18)24-17-8-4-6-15(11-17)12-21/h3-11H,1-2H3,(H,23,26)(H,22,24,25). The van der Waals surface area contributed by atoms with Crippen LogP contribution in [0.2, 0.25) is 0 Å². The fourth-order valence-electron chi connectivity index (χ4n) is 2.45. The Morgan fingerprint density at radius 1 is 1.00 bits per heavy atom. The van der Waals surface area contributed by atoms with E-state index in [4.69, 9.17) is 5.26 Å². The Hall–Kier alpha value is -3.72. The van der Waals surface area contributed by atoms with Gasteiger partial charge < -0.3 is 10.6 Å². The van der Waals surface area contributed by atoms with E-state index >= 15 is 0 Å². The fourth-order valence-corrected chi connectivity index (χ4v) is 2.45. The van der Waals surface area contributed by atoms with Gasteiger partial charge in [-0.05, 0) is 55.8 Å². The number of hydrogen-bond donors (Lipinski definition) is 2. The molecule has 0 saturated heterocycles. The molecule has 1 amide bonds. The van der Waals surface area contributed by atoms with Crippen molar-refractivity contribution in [2.24, 2.45) is 0 Å². The molecule has 0 atom stereocenters. The van der Waals surface area contributed by atoms with Crippen LogP contribution in [0.5, 0.6) is 0 Å². The zero-order valence-electron chi connectivity index (χ0n) is 14.4. The van der Waals surface area contributed by atoms with Gasteiger partial charge in [-0.3, -0.25) is 4.79 Å². The Morgan fingerprint density at radius 3 is 2.54 bits per heavy atom. The smallest absolute Gasteiger partial charge is 0.274 e. The molecule has 0 saturated carbocycles. The first kappa shape index (κ1) is 17.1. The zero-order valence-corrected chi connectivity index (χ0v) is 14.4. The van der Waals surface area contributed by atoms with Crippen LogP contribution in [0.3, 0.4) is 0 Å². The minimum Gasteiger partial charge on any atom is -0.324 e. The highest BCUT2D eigenvalue weighted by Crippen LogP contribution is 2.16. The zero-order chi connectivity index (χ0) is 18.5. The SMILES string of the molecule is Cc1cccc(NC(=O)c2cc(C)nc(Nc3cccc(C#N)c3)n2)c1. The summed E-state index contributed by atoms with van der Waals surface area (Å²) in [5.41, 5.74) is 3.90. The van der Waals surface area contributed by atoms with E-state index in [1.807, 2.05) is 31.2 Å². The second-order valence-corrected chi connectivity index (χ2v) is 5.86. The first-order chi connectivity index (χ1) is 12.5. The van der Waals surface area contributed by atoms with Crippen LogP contribution in [0.1, 0.15) is 27.3 Å². The summed E-state index contributed by atoms with van der Waals surface area (Å²) < 4.78 is 0. The van der Waals surface area contributed by atoms with Crippen LogP contribution in [-0.4, -0.2) is 15.9 Å². The molecule has 0 aliphatic rings. The van der Waals surface area contributed by atoms with Gasteiger partial charge in [0, 0.05) is 17.1 Å². The summed E-state index contributed by atoms with van der Waals surface area (Å²) in [6.07, 6.45) is 0. The van der Waals surface area contributed by atoms with Gasteiger partial charge in [-0.25, -0.2) is 9.97 Å². The van der Waals surface area contributed by atoms with E-state index in [1.165, 1.54) is 0 Å². The van der Waals surface area contributed by atoms with Gasteiger partial charge >= 0.3 is 0 Å². The Balaban J connectivity index is 1.82. The molecule has 0 fully saturated rings. The topological polar surface area (TPSA) is 90.7 Å². The molecule has 0 aliphatic heterocycles. The van der Waals surface area contributed by atoms with Crippen molar-refractivity contribution < 1.29 is 4.79 Å². The van der Waals surface area contributed by atoms with E-state index in [0.717, 1.165) is 5.56 Å². The molecule has 0 aliphatic carbocycles. The lowest BCUT2D eigenvalue weighted by molar-refractivity contribution is 0.102. The predicted octanol–water partition coefficient (Wildman–Crippen LogP) is 3.96. The molecule has 26 heavy (non-hydrogen) atoms. The van der Waals surface area contributed by atoms with Crippen LogP contribution in [0.15, 0.2) is 54.6 Å². The number of amides is 1. The summed E-state index contributed by atoms with van der Waals surface area (Å²) in [6, 6.07) is 18.2. The number of nitriles is 1. The molecule has 128 valence electrons. The maximum atomic E-state index is 12.5. The average molecular weight is 343 g/mol. The quantitative estimate of drug-likeness (QED) is 0.748. The monoisotopic (exact) mass is 343 g/mol. The van der Waals surface area contributed by atoms with Gasteiger partial charge in [-0.1, -0.05) is 18.2 Å². The summed E-state index contributed by atoms with van der Waals surface area (Å²) >= 11 is 0. The summed E-state index contributed by atoms with van der Waals surface area (Å²) in [5.74, 6) is -0.00981. The molecule has 1 heterocycles. The molecule has 6 nitrogen and oxygen atoms in total. The van der Waals surface area contributed by atoms with Gasteiger partial charge in [0.25, 0.3) is 5.91 Å². The van der Waals surface area contributed by atoms with E-state index in [2.05, 4.69) is 26.7 Å². The molecule has 0 unspecified atom stereocenters. The average Bonchev–Trinajstić information content (AvgIpc) is 2.61. The van der Waals surface area contributed by atoms with Crippen LogP contribution in [0.4, 0.5) is 17.3 Å². The Bertz CT molecular complexity index is 1010. The third-order valence-corrected chi connectivity index (χ3v) is 3.61. The number of nitrogens with zero attached hydrogens (tertiary/aromatic N) is 3. The minimum absolute atomic E-state index is 0.262. The molecule has 1 aromatic heterocycles. The number of carbonyl (C=O) groups excluding carboxylic acids is 1. The summed E-state index contributed by atoms with van der Waals surface area (Å²) in [4.78, 5) is 21.1. The third-order valence-electron chi connectivity index (χ3n) is 3.61. The van der Waals surface area contributed by atoms with Crippen LogP contribution < -0.4 is 10.6 Å². The summed E-state index contributed by atoms with van der Waals surface area (Å²) in [6.45, 7) is 3.75. The third kappa shape index (κ3) is 4.22. The first-order valence-corrected chi connectivity index (χ1v) is 8.04. The number of benzene rings is 2. The van der Waals surface area contributed by atoms with Crippen LogP contribution in [-0.2, 0) is 0 Å². The highest BCUT2D eigenvalue weighted by Gasteiger charge is 2.11. The Labute approximate surface area is 151 Å². The minimum atomic E-state index is -0.310. The number of rotatable bonds is 4. The van der Waals surface area contributed by atoms with E-state index < -0.39 is 0 Å². The van der Waals surface area contributed by atoms with Gasteiger partial charge in [-0.2, -0.15) is 5.26 Å². The highest BCUT2D eigenvalue weighted by atomic mass is 16.1. The molecular weight excluding hydrogens is 326 g/mol. The molecule has 3 rings (SSSR count). The number of aryl methyl sites for hydroxylation is 2. The van der Waals surface area contributed by atoms with Crippen molar-refractivity contribution in [3.63, 3.8) is 0 Å². The van der Waals surface area contributed by atoms with Crippen LogP contribution in [0.25, 0.3) is 0 Å². The van der Waals surface area contributed by atoms with Gasteiger partial charge in [0.2, 0.25) is 5.95 Å². The number of nitrogens with one attached hydrogen (secondary N) is 2. The summed E-state index contributed by atoms with van der Waals surface area (Å²) in [7, 11) is 0. The molecule has 2 N–H and O–H groups in total. The van der Waals surface area contributed by atoms with Gasteiger partial charge in [-0.15, -0.1) is 0 Å². The molecule has 6 heteroatoms. The van der Waals surface area contributed by atoms with Gasteiger partial charge in [0.1, 0.15) is 5.69 Å². The molecule has 3 aromatic rings. The van der Waals surface area contributed by atoms with Crippen LogP contribution >= 0.6 is 0 Å². The predicted molar refractivity (Wildman–Crippen MR) is 100 cm³/mol. The Kier molecular flexibility index (Phi) is 4.90. The van der Waals surface area contributed by atoms with Crippen LogP contribution in [0, 0.1) is 25.2 Å². The highest BCUT2D eigenvalue weighted by molar-refractivity contribution is 6.03. The van der Waals surface area contributed by atoms with Crippen molar-refractivity contribution in [1.82, 2.24) is 9.97 Å². The lowest BCUT2D eigenvalue weighted by Gasteiger charge is -2.09. The molecular formula is C20H17N5O. The van der Waals surface area contributed by atoms with Gasteiger partial charge in [0.05, 0.1) is 11.6 Å². The van der Waals surface area contributed by atoms with Crippen molar-refractivity contribution in [1.29, 1.82) is 5.26 Å². The van der Waals surface area contributed by atoms with Crippen molar-refractivity contribution in [3.8, 4) is 6.07 Å². The van der Waals surface area contributed by atoms with Crippen molar-refractivity contribution in [2.75, 3.05) is 10.6 Å². The van der Waals surface area contributed by atoms with Crippen molar-refractivity contribution >= 4 is 23.2 Å². The lowest BCUT2D eigenvalue weighted by atomic mass is 10.2. The van der Waals surface area contributed by atoms with Gasteiger partial charge in [0.15, 0.2) is 0 Å². The molecule has 0 radical (unpaired) electrons. The number of anilines is 3. The normalized spacial score (nSPS) is 10.0. The second-order valence-electron chi connectivity index (χ2n) is 5.86.